The van der Waals surface area contributed by atoms with Crippen molar-refractivity contribution in [2.24, 2.45) is 22.9 Å². The first-order valence-corrected chi connectivity index (χ1v) is 11.5. The molecular weight excluding hydrogens is 430 g/mol. The molecule has 0 aromatic carbocycles. The van der Waals surface area contributed by atoms with Crippen molar-refractivity contribution >= 4 is 23.6 Å². The molecule has 0 unspecified atom stereocenters. The van der Waals surface area contributed by atoms with Crippen LogP contribution in [0.5, 0.6) is 0 Å². The van der Waals surface area contributed by atoms with Crippen LogP contribution in [0.1, 0.15) is 25.7 Å². The highest BCUT2D eigenvalue weighted by molar-refractivity contribution is 5.77. The normalized spacial score (nSPS) is 10.9. The molecule has 0 aromatic heterocycles. The predicted molar refractivity (Wildman–Crippen MR) is 127 cm³/mol. The van der Waals surface area contributed by atoms with E-state index in [1.54, 1.807) is 0 Å². The first-order chi connectivity index (χ1) is 15.8. The summed E-state index contributed by atoms with van der Waals surface area (Å²) in [6.45, 7) is 5.21. The summed E-state index contributed by atoms with van der Waals surface area (Å²) in [5.74, 6) is -0.757. The third-order valence-corrected chi connectivity index (χ3v) is 4.77. The first kappa shape index (κ1) is 30.7. The van der Waals surface area contributed by atoms with Crippen LogP contribution in [0.25, 0.3) is 0 Å². The molecule has 0 aliphatic carbocycles. The largest absolute Gasteiger partial charge is 0.370 e. The number of carbonyl (C=O) groups is 4. The summed E-state index contributed by atoms with van der Waals surface area (Å²) >= 11 is 0. The summed E-state index contributed by atoms with van der Waals surface area (Å²) in [5.41, 5.74) is 21.5. The summed E-state index contributed by atoms with van der Waals surface area (Å²) in [6, 6.07) is 0. The SMILES string of the molecule is NCCNC(=O)CCN(CCC(N)=O)CCN(CCC(=O)NCCN)CCC(=O)NCCN. The highest BCUT2D eigenvalue weighted by Crippen LogP contribution is 2.00. The summed E-state index contributed by atoms with van der Waals surface area (Å²) in [5, 5.41) is 8.17. The van der Waals surface area contributed by atoms with Gasteiger partial charge in [-0.05, 0) is 0 Å². The minimum Gasteiger partial charge on any atom is -0.370 e. The number of hydrogen-bond donors (Lipinski definition) is 7. The fraction of sp³-hybridized carbons (Fsp3) is 0.800. The zero-order valence-corrected chi connectivity index (χ0v) is 19.7. The van der Waals surface area contributed by atoms with Gasteiger partial charge in [-0.25, -0.2) is 0 Å². The molecule has 0 fully saturated rings. The Morgan fingerprint density at radius 1 is 0.515 bits per heavy atom. The van der Waals surface area contributed by atoms with Crippen molar-refractivity contribution in [3.8, 4) is 0 Å². The van der Waals surface area contributed by atoms with Crippen molar-refractivity contribution in [1.82, 2.24) is 25.8 Å². The minimum absolute atomic E-state index is 0.111. The Kier molecular flexibility index (Phi) is 18.9. The second-order valence-corrected chi connectivity index (χ2v) is 7.57. The fourth-order valence-corrected chi connectivity index (χ4v) is 2.90. The highest BCUT2D eigenvalue weighted by atomic mass is 16.2. The molecule has 0 atom stereocenters. The zero-order valence-electron chi connectivity index (χ0n) is 19.7. The van der Waals surface area contributed by atoms with Crippen LogP contribution in [-0.2, 0) is 19.2 Å². The number of nitrogens with zero attached hydrogens (tertiary/aromatic N) is 2. The van der Waals surface area contributed by atoms with Crippen molar-refractivity contribution in [1.29, 1.82) is 0 Å². The second-order valence-electron chi connectivity index (χ2n) is 7.57. The third kappa shape index (κ3) is 18.9. The third-order valence-electron chi connectivity index (χ3n) is 4.77. The van der Waals surface area contributed by atoms with Gasteiger partial charge < -0.3 is 48.7 Å². The van der Waals surface area contributed by atoms with Crippen molar-refractivity contribution in [2.75, 3.05) is 78.5 Å². The van der Waals surface area contributed by atoms with E-state index in [4.69, 9.17) is 22.9 Å². The quantitative estimate of drug-likeness (QED) is 0.0860. The van der Waals surface area contributed by atoms with Gasteiger partial charge in [-0.3, -0.25) is 19.2 Å². The Balaban J connectivity index is 4.85. The number of rotatable bonds is 21. The lowest BCUT2D eigenvalue weighted by atomic mass is 10.2. The van der Waals surface area contributed by atoms with Gasteiger partial charge in [0.25, 0.3) is 0 Å². The van der Waals surface area contributed by atoms with E-state index < -0.39 is 5.91 Å². The van der Waals surface area contributed by atoms with Gasteiger partial charge >= 0.3 is 0 Å². The number of nitrogens with one attached hydrogen (secondary N) is 3. The van der Waals surface area contributed by atoms with Gasteiger partial charge in [0.2, 0.25) is 23.6 Å². The molecule has 0 rings (SSSR count). The zero-order chi connectivity index (χ0) is 24.9. The van der Waals surface area contributed by atoms with E-state index in [0.29, 0.717) is 78.5 Å². The molecular formula is C20H43N9O4. The Bertz CT molecular complexity index is 554. The highest BCUT2D eigenvalue weighted by Gasteiger charge is 2.14. The number of nitrogens with two attached hydrogens (primary N) is 4. The maximum absolute atomic E-state index is 12.0. The maximum Gasteiger partial charge on any atom is 0.221 e. The van der Waals surface area contributed by atoms with Crippen molar-refractivity contribution in [3.63, 3.8) is 0 Å². The van der Waals surface area contributed by atoms with Crippen molar-refractivity contribution < 1.29 is 19.2 Å². The molecule has 13 heteroatoms. The maximum atomic E-state index is 12.0. The monoisotopic (exact) mass is 473 g/mol. The molecule has 33 heavy (non-hydrogen) atoms. The average Bonchev–Trinajstić information content (AvgIpc) is 2.80. The lowest BCUT2D eigenvalue weighted by molar-refractivity contribution is -0.123. The van der Waals surface area contributed by atoms with Crippen LogP contribution in [-0.4, -0.2) is 112 Å². The molecule has 4 amide bonds. The average molecular weight is 474 g/mol. The van der Waals surface area contributed by atoms with Crippen LogP contribution >= 0.6 is 0 Å². The molecule has 0 bridgehead atoms. The number of primary amides is 1. The van der Waals surface area contributed by atoms with E-state index in [0.717, 1.165) is 0 Å². The van der Waals surface area contributed by atoms with E-state index in [1.807, 2.05) is 9.80 Å². The molecule has 0 saturated carbocycles. The standard InChI is InChI=1S/C20H43N9O4/c21-5-8-25-18(31)2-12-28(11-1-17(24)30)15-16-29(13-3-19(32)26-9-6-22)14-4-20(33)27-10-7-23/h1-16,21-23H2,(H2,24,30)(H,25,31)(H,26,32)(H,27,33). The summed E-state index contributed by atoms with van der Waals surface area (Å²) in [6.07, 6.45) is 0.982. The van der Waals surface area contributed by atoms with Crippen LogP contribution in [0.3, 0.4) is 0 Å². The van der Waals surface area contributed by atoms with Crippen molar-refractivity contribution in [3.05, 3.63) is 0 Å². The molecule has 13 nitrogen and oxygen atoms in total. The fourth-order valence-electron chi connectivity index (χ4n) is 2.90. The van der Waals surface area contributed by atoms with Gasteiger partial charge in [-0.15, -0.1) is 0 Å². The lowest BCUT2D eigenvalue weighted by Gasteiger charge is -2.27. The summed E-state index contributed by atoms with van der Waals surface area (Å²) in [7, 11) is 0. The molecule has 0 saturated heterocycles. The van der Waals surface area contributed by atoms with Gasteiger partial charge in [0.15, 0.2) is 0 Å². The molecule has 192 valence electrons. The van der Waals surface area contributed by atoms with Gasteiger partial charge in [0.05, 0.1) is 0 Å². The number of hydrogen-bond acceptors (Lipinski definition) is 9. The Morgan fingerprint density at radius 3 is 1.09 bits per heavy atom. The summed E-state index contributed by atoms with van der Waals surface area (Å²) in [4.78, 5) is 51.1. The van der Waals surface area contributed by atoms with E-state index in [9.17, 15) is 19.2 Å². The minimum atomic E-state index is -0.419. The van der Waals surface area contributed by atoms with Crippen LogP contribution in [0.2, 0.25) is 0 Å². The Labute approximate surface area is 196 Å². The van der Waals surface area contributed by atoms with E-state index in [1.165, 1.54) is 0 Å². The van der Waals surface area contributed by atoms with Crippen LogP contribution in [0, 0.1) is 0 Å². The summed E-state index contributed by atoms with van der Waals surface area (Å²) < 4.78 is 0. The van der Waals surface area contributed by atoms with E-state index >= 15 is 0 Å². The van der Waals surface area contributed by atoms with E-state index in [2.05, 4.69) is 16.0 Å². The molecule has 0 aromatic rings. The van der Waals surface area contributed by atoms with Gasteiger partial charge in [0, 0.05) is 104 Å². The lowest BCUT2D eigenvalue weighted by Crippen LogP contribution is -2.41. The van der Waals surface area contributed by atoms with Crippen molar-refractivity contribution in [2.45, 2.75) is 25.7 Å². The number of amides is 4. The molecule has 0 aliphatic heterocycles. The predicted octanol–water partition coefficient (Wildman–Crippen LogP) is -4.14. The molecule has 11 N–H and O–H groups in total. The van der Waals surface area contributed by atoms with Gasteiger partial charge in [-0.2, -0.15) is 0 Å². The first-order valence-electron chi connectivity index (χ1n) is 11.5. The Hall–Kier alpha value is -2.32. The van der Waals surface area contributed by atoms with Gasteiger partial charge in [0.1, 0.15) is 0 Å². The topological polar surface area (TPSA) is 215 Å². The molecule has 0 spiro atoms. The smallest absolute Gasteiger partial charge is 0.221 e. The van der Waals surface area contributed by atoms with E-state index in [-0.39, 0.29) is 43.4 Å². The van der Waals surface area contributed by atoms with Crippen LogP contribution < -0.4 is 38.9 Å². The Morgan fingerprint density at radius 2 is 0.818 bits per heavy atom. The number of carbonyl (C=O) groups excluding carboxylic acids is 4. The van der Waals surface area contributed by atoms with Gasteiger partial charge in [-0.1, -0.05) is 0 Å². The van der Waals surface area contributed by atoms with Crippen LogP contribution in [0.15, 0.2) is 0 Å². The molecule has 0 aliphatic rings. The van der Waals surface area contributed by atoms with Crippen LogP contribution in [0.4, 0.5) is 0 Å². The molecule has 0 heterocycles. The second kappa shape index (κ2) is 20.3. The molecule has 0 radical (unpaired) electrons.